The van der Waals surface area contributed by atoms with Gasteiger partial charge in [-0.3, -0.25) is 9.59 Å². The summed E-state index contributed by atoms with van der Waals surface area (Å²) in [7, 11) is 6.00. The molecule has 1 atom stereocenters. The van der Waals surface area contributed by atoms with Crippen LogP contribution in [0.15, 0.2) is 0 Å². The Morgan fingerprint density at radius 3 is 2.17 bits per heavy atom. The van der Waals surface area contributed by atoms with Crippen LogP contribution in [0.1, 0.15) is 38.5 Å². The lowest BCUT2D eigenvalue weighted by Crippen LogP contribution is -3.00. The summed E-state index contributed by atoms with van der Waals surface area (Å²) >= 11 is 0. The monoisotopic (exact) mass is 369 g/mol. The van der Waals surface area contributed by atoms with Crippen molar-refractivity contribution in [1.82, 2.24) is 0 Å². The number of ketones is 1. The standard InChI is InChI=1S/C13H24NO3.HI/c1-14(2,3)10-12-11(15)8-6-4-5-7-9-13(16)17-12;/h12H,4-10H2,1-3H3;1H/q+1;/p-1. The summed E-state index contributed by atoms with van der Waals surface area (Å²) in [6.07, 6.45) is 4.28. The van der Waals surface area contributed by atoms with Crippen molar-refractivity contribution in [1.29, 1.82) is 0 Å². The summed E-state index contributed by atoms with van der Waals surface area (Å²) in [4.78, 5) is 23.5. The molecule has 1 saturated heterocycles. The summed E-state index contributed by atoms with van der Waals surface area (Å²) in [5.41, 5.74) is 0. The highest BCUT2D eigenvalue weighted by molar-refractivity contribution is 5.85. The van der Waals surface area contributed by atoms with E-state index in [1.165, 1.54) is 0 Å². The van der Waals surface area contributed by atoms with E-state index in [2.05, 4.69) is 0 Å². The van der Waals surface area contributed by atoms with E-state index in [-0.39, 0.29) is 35.7 Å². The van der Waals surface area contributed by atoms with E-state index >= 15 is 0 Å². The summed E-state index contributed by atoms with van der Waals surface area (Å²) in [6, 6.07) is 0. The van der Waals surface area contributed by atoms with Crippen molar-refractivity contribution in [3.63, 3.8) is 0 Å². The van der Waals surface area contributed by atoms with Gasteiger partial charge in [-0.25, -0.2) is 0 Å². The second-order valence-corrected chi connectivity index (χ2v) is 5.83. The molecular weight excluding hydrogens is 345 g/mol. The van der Waals surface area contributed by atoms with E-state index < -0.39 is 6.10 Å². The van der Waals surface area contributed by atoms with Crippen molar-refractivity contribution >= 4 is 11.8 Å². The molecule has 1 rings (SSSR count). The third-order valence-electron chi connectivity index (χ3n) is 2.90. The highest BCUT2D eigenvalue weighted by atomic mass is 127. The number of hydrogen-bond acceptors (Lipinski definition) is 3. The smallest absolute Gasteiger partial charge is 0.306 e. The van der Waals surface area contributed by atoms with Crippen LogP contribution in [0.5, 0.6) is 0 Å². The largest absolute Gasteiger partial charge is 1.00 e. The van der Waals surface area contributed by atoms with Crippen molar-refractivity contribution in [2.75, 3.05) is 27.7 Å². The van der Waals surface area contributed by atoms with Gasteiger partial charge in [-0.1, -0.05) is 12.8 Å². The van der Waals surface area contributed by atoms with Gasteiger partial charge >= 0.3 is 5.97 Å². The molecular formula is C13H24INO3. The van der Waals surface area contributed by atoms with Gasteiger partial charge in [0.05, 0.1) is 21.1 Å². The highest BCUT2D eigenvalue weighted by Gasteiger charge is 2.28. The number of esters is 1. The Balaban J connectivity index is 0.00000289. The van der Waals surface area contributed by atoms with Crippen LogP contribution in [-0.2, 0) is 14.3 Å². The maximum atomic E-state index is 12.0. The van der Waals surface area contributed by atoms with Gasteiger partial charge in [0.25, 0.3) is 0 Å². The fourth-order valence-corrected chi connectivity index (χ4v) is 2.00. The topological polar surface area (TPSA) is 43.4 Å². The lowest BCUT2D eigenvalue weighted by molar-refractivity contribution is -0.872. The van der Waals surface area contributed by atoms with E-state index in [0.29, 0.717) is 23.9 Å². The molecule has 0 aromatic heterocycles. The SMILES string of the molecule is C[N+](C)(C)CC1OC(=O)CCCCCCC1=O.[I-]. The molecule has 4 nitrogen and oxygen atoms in total. The predicted octanol–water partition coefficient (Wildman–Crippen LogP) is -1.47. The lowest BCUT2D eigenvalue weighted by Gasteiger charge is -2.28. The number of Topliss-reactive ketones (excluding diaryl/α,β-unsaturated/α-hetero) is 1. The Bertz CT molecular complexity index is 286. The first kappa shape index (κ1) is 17.8. The maximum Gasteiger partial charge on any atom is 0.306 e. The number of quaternary nitrogens is 1. The van der Waals surface area contributed by atoms with Crippen LogP contribution in [0.3, 0.4) is 0 Å². The van der Waals surface area contributed by atoms with Crippen LogP contribution in [0.25, 0.3) is 0 Å². The molecule has 0 bridgehead atoms. The summed E-state index contributed by atoms with van der Waals surface area (Å²) in [5, 5.41) is 0. The molecule has 106 valence electrons. The molecule has 0 aromatic rings. The highest BCUT2D eigenvalue weighted by Crippen LogP contribution is 2.14. The number of cyclic esters (lactones) is 1. The van der Waals surface area contributed by atoms with Crippen molar-refractivity contribution in [3.05, 3.63) is 0 Å². The minimum absolute atomic E-state index is 0. The summed E-state index contributed by atoms with van der Waals surface area (Å²) < 4.78 is 5.94. The van der Waals surface area contributed by atoms with Crippen LogP contribution >= 0.6 is 0 Å². The van der Waals surface area contributed by atoms with Crippen LogP contribution in [0, 0.1) is 0 Å². The number of halogens is 1. The second kappa shape index (κ2) is 8.09. The first-order valence-corrected chi connectivity index (χ1v) is 6.41. The lowest BCUT2D eigenvalue weighted by atomic mass is 10.0. The van der Waals surface area contributed by atoms with Crippen LogP contribution < -0.4 is 24.0 Å². The van der Waals surface area contributed by atoms with Crippen molar-refractivity contribution in [3.8, 4) is 0 Å². The molecule has 18 heavy (non-hydrogen) atoms. The Labute approximate surface area is 127 Å². The van der Waals surface area contributed by atoms with Crippen LogP contribution in [0.2, 0.25) is 0 Å². The van der Waals surface area contributed by atoms with Crippen LogP contribution in [-0.4, -0.2) is 50.0 Å². The van der Waals surface area contributed by atoms with Gasteiger partial charge in [-0.05, 0) is 12.8 Å². The summed E-state index contributed by atoms with van der Waals surface area (Å²) in [6.45, 7) is 0.560. The third-order valence-corrected chi connectivity index (χ3v) is 2.90. The van der Waals surface area contributed by atoms with Gasteiger partial charge in [0.15, 0.2) is 5.78 Å². The average molecular weight is 369 g/mol. The van der Waals surface area contributed by atoms with Crippen LogP contribution in [0.4, 0.5) is 0 Å². The van der Waals surface area contributed by atoms with Crippen molar-refractivity contribution in [2.45, 2.75) is 44.6 Å². The zero-order valence-electron chi connectivity index (χ0n) is 11.6. The first-order chi connectivity index (χ1) is 7.88. The zero-order valence-corrected chi connectivity index (χ0v) is 13.7. The summed E-state index contributed by atoms with van der Waals surface area (Å²) in [5.74, 6) is -0.146. The molecule has 0 aliphatic carbocycles. The second-order valence-electron chi connectivity index (χ2n) is 5.83. The number of hydrogen-bond donors (Lipinski definition) is 0. The molecule has 1 fully saturated rings. The fraction of sp³-hybridized carbons (Fsp3) is 0.846. The molecule has 5 heteroatoms. The van der Waals surface area contributed by atoms with E-state index in [4.69, 9.17) is 4.74 Å². The number of likely N-dealkylation sites (N-methyl/N-ethyl adjacent to an activating group) is 1. The number of ether oxygens (including phenoxy) is 1. The average Bonchev–Trinajstić information content (AvgIpc) is 2.19. The fourth-order valence-electron chi connectivity index (χ4n) is 2.00. The molecule has 0 radical (unpaired) electrons. The molecule has 1 unspecified atom stereocenters. The quantitative estimate of drug-likeness (QED) is 0.339. The van der Waals surface area contributed by atoms with E-state index in [1.54, 1.807) is 0 Å². The third kappa shape index (κ3) is 7.31. The number of carbonyl (C=O) groups excluding carboxylic acids is 2. The van der Waals surface area contributed by atoms with Gasteiger partial charge in [0, 0.05) is 12.8 Å². The minimum atomic E-state index is -0.555. The molecule has 1 heterocycles. The molecule has 1 aliphatic rings. The minimum Gasteiger partial charge on any atom is -1.00 e. The Morgan fingerprint density at radius 2 is 1.61 bits per heavy atom. The number of carbonyl (C=O) groups is 2. The Morgan fingerprint density at radius 1 is 1.06 bits per heavy atom. The van der Waals surface area contributed by atoms with E-state index in [0.717, 1.165) is 25.7 Å². The molecule has 0 aromatic carbocycles. The molecule has 0 N–H and O–H groups in total. The van der Waals surface area contributed by atoms with Crippen molar-refractivity contribution in [2.24, 2.45) is 0 Å². The van der Waals surface area contributed by atoms with Gasteiger partial charge in [0.2, 0.25) is 6.10 Å². The van der Waals surface area contributed by atoms with E-state index in [1.807, 2.05) is 21.1 Å². The Kier molecular flexibility index (Phi) is 8.02. The molecule has 1 aliphatic heterocycles. The van der Waals surface area contributed by atoms with Crippen molar-refractivity contribution < 1.29 is 42.8 Å². The van der Waals surface area contributed by atoms with Gasteiger partial charge in [-0.15, -0.1) is 0 Å². The normalized spacial score (nSPS) is 22.9. The zero-order chi connectivity index (χ0) is 12.9. The van der Waals surface area contributed by atoms with Gasteiger partial charge < -0.3 is 33.2 Å². The first-order valence-electron chi connectivity index (χ1n) is 6.41. The Hall–Kier alpha value is -0.170. The molecule has 0 spiro atoms. The van der Waals surface area contributed by atoms with Gasteiger partial charge in [0.1, 0.15) is 6.54 Å². The predicted molar refractivity (Wildman–Crippen MR) is 65.5 cm³/mol. The number of nitrogens with zero attached hydrogens (tertiary/aromatic N) is 1. The molecule has 0 amide bonds. The number of rotatable bonds is 2. The van der Waals surface area contributed by atoms with E-state index in [9.17, 15) is 9.59 Å². The maximum absolute atomic E-state index is 12.0. The van der Waals surface area contributed by atoms with Gasteiger partial charge in [-0.2, -0.15) is 0 Å². The molecule has 0 saturated carbocycles.